The highest BCUT2D eigenvalue weighted by atomic mass is 16.7. The van der Waals surface area contributed by atoms with Gasteiger partial charge in [-0.2, -0.15) is 0 Å². The third-order valence-electron chi connectivity index (χ3n) is 2.80. The molecule has 1 aromatic carbocycles. The fraction of sp³-hybridized carbons (Fsp3) is 0.538. The first kappa shape index (κ1) is 12.2. The lowest BCUT2D eigenvalue weighted by molar-refractivity contribution is 0.159. The largest absolute Gasteiger partial charge is 0.454 e. The van der Waals surface area contributed by atoms with Crippen LogP contribution in [0.1, 0.15) is 25.3 Å². The number of ether oxygens (including phenoxy) is 2. The van der Waals surface area contributed by atoms with Gasteiger partial charge in [-0.25, -0.2) is 0 Å². The summed E-state index contributed by atoms with van der Waals surface area (Å²) in [7, 11) is 0. The van der Waals surface area contributed by atoms with Crippen molar-refractivity contribution >= 4 is 0 Å². The molecule has 0 fully saturated rings. The van der Waals surface area contributed by atoms with Gasteiger partial charge in [0.25, 0.3) is 0 Å². The fourth-order valence-electron chi connectivity index (χ4n) is 1.94. The van der Waals surface area contributed by atoms with Gasteiger partial charge in [-0.1, -0.05) is 25.5 Å². The van der Waals surface area contributed by atoms with Crippen LogP contribution in [0.25, 0.3) is 0 Å². The maximum atomic E-state index is 9.60. The molecule has 1 atom stereocenters. The van der Waals surface area contributed by atoms with E-state index in [2.05, 4.69) is 12.2 Å². The van der Waals surface area contributed by atoms with Crippen LogP contribution in [0.5, 0.6) is 11.5 Å². The Morgan fingerprint density at radius 3 is 3.12 bits per heavy atom. The Bertz CT molecular complexity index is 368. The van der Waals surface area contributed by atoms with E-state index in [1.807, 2.05) is 18.2 Å². The Morgan fingerprint density at radius 1 is 1.41 bits per heavy atom. The SMILES string of the molecule is CCCC(O)CNCc1cccc2c1OCO2. The van der Waals surface area contributed by atoms with E-state index < -0.39 is 0 Å². The Morgan fingerprint density at radius 2 is 2.29 bits per heavy atom. The summed E-state index contributed by atoms with van der Waals surface area (Å²) >= 11 is 0. The van der Waals surface area contributed by atoms with Gasteiger partial charge in [0.1, 0.15) is 0 Å². The average molecular weight is 237 g/mol. The van der Waals surface area contributed by atoms with E-state index in [-0.39, 0.29) is 6.10 Å². The number of fused-ring (bicyclic) bond motifs is 1. The molecule has 1 aliphatic heterocycles. The zero-order chi connectivity index (χ0) is 12.1. The summed E-state index contributed by atoms with van der Waals surface area (Å²) in [5, 5.41) is 12.8. The Kier molecular flexibility index (Phi) is 4.23. The molecule has 0 aromatic heterocycles. The highest BCUT2D eigenvalue weighted by Gasteiger charge is 2.16. The van der Waals surface area contributed by atoms with Crippen LogP contribution >= 0.6 is 0 Å². The summed E-state index contributed by atoms with van der Waals surface area (Å²) in [5.74, 6) is 1.63. The molecular formula is C13H19NO3. The number of para-hydroxylation sites is 1. The summed E-state index contributed by atoms with van der Waals surface area (Å²) < 4.78 is 10.7. The highest BCUT2D eigenvalue weighted by molar-refractivity contribution is 5.48. The number of rotatable bonds is 6. The molecule has 0 bridgehead atoms. The number of nitrogens with one attached hydrogen (secondary N) is 1. The minimum Gasteiger partial charge on any atom is -0.454 e. The van der Waals surface area contributed by atoms with Crippen molar-refractivity contribution in [2.75, 3.05) is 13.3 Å². The molecule has 1 aliphatic rings. The van der Waals surface area contributed by atoms with Gasteiger partial charge in [-0.05, 0) is 12.5 Å². The second kappa shape index (κ2) is 5.89. The van der Waals surface area contributed by atoms with Gasteiger partial charge in [-0.15, -0.1) is 0 Å². The van der Waals surface area contributed by atoms with Crippen LogP contribution in [0.3, 0.4) is 0 Å². The van der Waals surface area contributed by atoms with Crippen molar-refractivity contribution in [1.29, 1.82) is 0 Å². The molecule has 0 saturated carbocycles. The topological polar surface area (TPSA) is 50.7 Å². The zero-order valence-electron chi connectivity index (χ0n) is 10.1. The van der Waals surface area contributed by atoms with Crippen molar-refractivity contribution in [3.8, 4) is 11.5 Å². The normalized spacial score (nSPS) is 14.9. The Labute approximate surface area is 102 Å². The third kappa shape index (κ3) is 3.11. The standard InChI is InChI=1S/C13H19NO3/c1-2-4-11(15)8-14-7-10-5-3-6-12-13(10)17-9-16-12/h3,5-6,11,14-15H,2,4,7-9H2,1H3. The van der Waals surface area contributed by atoms with E-state index in [0.717, 1.165) is 29.9 Å². The molecule has 0 amide bonds. The van der Waals surface area contributed by atoms with Gasteiger partial charge in [0, 0.05) is 18.7 Å². The van der Waals surface area contributed by atoms with Crippen LogP contribution in [-0.4, -0.2) is 24.5 Å². The monoisotopic (exact) mass is 237 g/mol. The molecule has 1 aromatic rings. The van der Waals surface area contributed by atoms with Crippen LogP contribution < -0.4 is 14.8 Å². The van der Waals surface area contributed by atoms with Gasteiger partial charge < -0.3 is 19.9 Å². The highest BCUT2D eigenvalue weighted by Crippen LogP contribution is 2.35. The summed E-state index contributed by atoms with van der Waals surface area (Å²) in [5.41, 5.74) is 1.07. The van der Waals surface area contributed by atoms with Crippen molar-refractivity contribution < 1.29 is 14.6 Å². The Hall–Kier alpha value is -1.26. The van der Waals surface area contributed by atoms with Crippen molar-refractivity contribution in [2.45, 2.75) is 32.4 Å². The van der Waals surface area contributed by atoms with E-state index in [1.54, 1.807) is 0 Å². The molecule has 0 spiro atoms. The van der Waals surface area contributed by atoms with Crippen LogP contribution in [-0.2, 0) is 6.54 Å². The van der Waals surface area contributed by atoms with Crippen LogP contribution in [0.4, 0.5) is 0 Å². The molecule has 0 aliphatic carbocycles. The fourth-order valence-corrected chi connectivity index (χ4v) is 1.94. The predicted molar refractivity (Wildman–Crippen MR) is 65.2 cm³/mol. The Balaban J connectivity index is 1.85. The van der Waals surface area contributed by atoms with E-state index in [0.29, 0.717) is 19.9 Å². The first-order valence-electron chi connectivity index (χ1n) is 6.07. The van der Waals surface area contributed by atoms with Crippen LogP contribution in [0.2, 0.25) is 0 Å². The lowest BCUT2D eigenvalue weighted by Gasteiger charge is -2.11. The summed E-state index contributed by atoms with van der Waals surface area (Å²) in [6, 6.07) is 5.86. The maximum absolute atomic E-state index is 9.60. The molecule has 1 unspecified atom stereocenters. The van der Waals surface area contributed by atoms with Gasteiger partial charge in [0.2, 0.25) is 6.79 Å². The molecule has 4 heteroatoms. The summed E-state index contributed by atoms with van der Waals surface area (Å²) in [4.78, 5) is 0. The van der Waals surface area contributed by atoms with Crippen molar-refractivity contribution in [1.82, 2.24) is 5.32 Å². The molecule has 0 saturated heterocycles. The molecule has 1 heterocycles. The lowest BCUT2D eigenvalue weighted by atomic mass is 10.1. The number of aliphatic hydroxyl groups is 1. The molecule has 0 radical (unpaired) electrons. The molecular weight excluding hydrogens is 218 g/mol. The maximum Gasteiger partial charge on any atom is 0.231 e. The quantitative estimate of drug-likeness (QED) is 0.790. The van der Waals surface area contributed by atoms with E-state index in [1.165, 1.54) is 0 Å². The summed E-state index contributed by atoms with van der Waals surface area (Å²) in [6.45, 7) is 3.66. The average Bonchev–Trinajstić information content (AvgIpc) is 2.78. The van der Waals surface area contributed by atoms with Gasteiger partial charge in [0.05, 0.1) is 6.10 Å². The van der Waals surface area contributed by atoms with E-state index in [9.17, 15) is 5.11 Å². The molecule has 2 N–H and O–H groups in total. The van der Waals surface area contributed by atoms with Crippen molar-refractivity contribution in [3.05, 3.63) is 23.8 Å². The van der Waals surface area contributed by atoms with Gasteiger partial charge in [0.15, 0.2) is 11.5 Å². The smallest absolute Gasteiger partial charge is 0.231 e. The number of aliphatic hydroxyl groups excluding tert-OH is 1. The second-order valence-electron chi connectivity index (χ2n) is 4.22. The summed E-state index contributed by atoms with van der Waals surface area (Å²) in [6.07, 6.45) is 1.56. The predicted octanol–water partition coefficient (Wildman–Crippen LogP) is 1.67. The third-order valence-corrected chi connectivity index (χ3v) is 2.80. The van der Waals surface area contributed by atoms with Gasteiger partial charge in [-0.3, -0.25) is 0 Å². The first-order valence-corrected chi connectivity index (χ1v) is 6.07. The molecule has 17 heavy (non-hydrogen) atoms. The van der Waals surface area contributed by atoms with Crippen molar-refractivity contribution in [3.63, 3.8) is 0 Å². The minimum absolute atomic E-state index is 0.270. The van der Waals surface area contributed by atoms with Crippen molar-refractivity contribution in [2.24, 2.45) is 0 Å². The first-order chi connectivity index (χ1) is 8.31. The van der Waals surface area contributed by atoms with Crippen LogP contribution in [0, 0.1) is 0 Å². The number of benzene rings is 1. The number of hydrogen-bond donors (Lipinski definition) is 2. The van der Waals surface area contributed by atoms with Crippen LogP contribution in [0.15, 0.2) is 18.2 Å². The molecule has 4 nitrogen and oxygen atoms in total. The van der Waals surface area contributed by atoms with Gasteiger partial charge >= 0.3 is 0 Å². The second-order valence-corrected chi connectivity index (χ2v) is 4.22. The van der Waals surface area contributed by atoms with E-state index in [4.69, 9.17) is 9.47 Å². The van der Waals surface area contributed by atoms with E-state index >= 15 is 0 Å². The zero-order valence-corrected chi connectivity index (χ0v) is 10.1. The number of hydrogen-bond acceptors (Lipinski definition) is 4. The lowest BCUT2D eigenvalue weighted by Crippen LogP contribution is -2.26. The minimum atomic E-state index is -0.270. The molecule has 94 valence electrons. The molecule has 2 rings (SSSR count).